The summed E-state index contributed by atoms with van der Waals surface area (Å²) in [7, 11) is 0. The highest BCUT2D eigenvalue weighted by Crippen LogP contribution is 2.22. The molecular formula is C12H10F2N2O. The fraction of sp³-hybridized carbons (Fsp3) is 0.167. The normalized spacial score (nSPS) is 12.5. The maximum Gasteiger partial charge on any atom is 0.161 e. The van der Waals surface area contributed by atoms with Gasteiger partial charge in [-0.05, 0) is 18.6 Å². The first-order valence-corrected chi connectivity index (χ1v) is 4.99. The number of aromatic nitrogens is 2. The van der Waals surface area contributed by atoms with Gasteiger partial charge in [0.15, 0.2) is 5.82 Å². The lowest BCUT2D eigenvalue weighted by Crippen LogP contribution is -2.07. The van der Waals surface area contributed by atoms with Crippen molar-refractivity contribution in [1.29, 1.82) is 0 Å². The second kappa shape index (κ2) is 4.55. The topological polar surface area (TPSA) is 46.0 Å². The van der Waals surface area contributed by atoms with Crippen molar-refractivity contribution in [2.45, 2.75) is 13.0 Å². The molecule has 5 heteroatoms. The SMILES string of the molecule is Cc1cnc(C(O)c2ccc(F)cc2F)nc1. The average molecular weight is 236 g/mol. The first kappa shape index (κ1) is 11.6. The van der Waals surface area contributed by atoms with Crippen molar-refractivity contribution in [2.75, 3.05) is 0 Å². The Balaban J connectivity index is 2.36. The van der Waals surface area contributed by atoms with Crippen LogP contribution >= 0.6 is 0 Å². The van der Waals surface area contributed by atoms with Crippen LogP contribution < -0.4 is 0 Å². The molecular weight excluding hydrogens is 226 g/mol. The van der Waals surface area contributed by atoms with Crippen LogP contribution in [0.5, 0.6) is 0 Å². The second-order valence-electron chi connectivity index (χ2n) is 3.69. The minimum atomic E-state index is -1.30. The molecule has 1 heterocycles. The maximum atomic E-state index is 13.4. The Kier molecular flexibility index (Phi) is 3.10. The number of halogens is 2. The third-order valence-electron chi connectivity index (χ3n) is 2.30. The molecule has 1 N–H and O–H groups in total. The average Bonchev–Trinajstić information content (AvgIpc) is 2.29. The molecule has 0 saturated heterocycles. The number of aryl methyl sites for hydroxylation is 1. The van der Waals surface area contributed by atoms with Crippen LogP contribution in [0.3, 0.4) is 0 Å². The van der Waals surface area contributed by atoms with Crippen molar-refractivity contribution in [3.8, 4) is 0 Å². The number of benzene rings is 1. The van der Waals surface area contributed by atoms with Gasteiger partial charge in [-0.2, -0.15) is 0 Å². The largest absolute Gasteiger partial charge is 0.380 e. The molecule has 88 valence electrons. The molecule has 0 radical (unpaired) electrons. The molecule has 3 nitrogen and oxygen atoms in total. The number of hydrogen-bond donors (Lipinski definition) is 1. The summed E-state index contributed by atoms with van der Waals surface area (Å²) in [5, 5.41) is 9.87. The molecule has 1 aromatic heterocycles. The zero-order valence-electron chi connectivity index (χ0n) is 9.06. The van der Waals surface area contributed by atoms with Crippen LogP contribution in [0, 0.1) is 18.6 Å². The number of aliphatic hydroxyl groups is 1. The van der Waals surface area contributed by atoms with Crippen LogP contribution in [0.25, 0.3) is 0 Å². The smallest absolute Gasteiger partial charge is 0.161 e. The molecule has 0 fully saturated rings. The summed E-state index contributed by atoms with van der Waals surface area (Å²) >= 11 is 0. The zero-order chi connectivity index (χ0) is 12.4. The van der Waals surface area contributed by atoms with Gasteiger partial charge in [-0.1, -0.05) is 6.07 Å². The molecule has 1 atom stereocenters. The summed E-state index contributed by atoms with van der Waals surface area (Å²) < 4.78 is 26.1. The van der Waals surface area contributed by atoms with Gasteiger partial charge in [-0.3, -0.25) is 0 Å². The third kappa shape index (κ3) is 2.45. The van der Waals surface area contributed by atoms with Crippen LogP contribution in [0.15, 0.2) is 30.6 Å². The number of nitrogens with zero attached hydrogens (tertiary/aromatic N) is 2. The predicted octanol–water partition coefficient (Wildman–Crippen LogP) is 2.14. The van der Waals surface area contributed by atoms with Crippen LogP contribution in [-0.2, 0) is 0 Å². The van der Waals surface area contributed by atoms with Gasteiger partial charge in [0.1, 0.15) is 17.7 Å². The van der Waals surface area contributed by atoms with Crippen LogP contribution in [-0.4, -0.2) is 15.1 Å². The minimum Gasteiger partial charge on any atom is -0.380 e. The summed E-state index contributed by atoms with van der Waals surface area (Å²) in [5.41, 5.74) is 0.788. The van der Waals surface area contributed by atoms with E-state index in [4.69, 9.17) is 0 Å². The van der Waals surface area contributed by atoms with E-state index in [1.54, 1.807) is 6.92 Å². The summed E-state index contributed by atoms with van der Waals surface area (Å²) in [4.78, 5) is 7.79. The molecule has 1 aromatic carbocycles. The number of rotatable bonds is 2. The van der Waals surface area contributed by atoms with E-state index in [1.807, 2.05) is 0 Å². The molecule has 0 aliphatic carbocycles. The van der Waals surface area contributed by atoms with Gasteiger partial charge >= 0.3 is 0 Å². The lowest BCUT2D eigenvalue weighted by atomic mass is 10.1. The highest BCUT2D eigenvalue weighted by atomic mass is 19.1. The first-order chi connectivity index (χ1) is 8.08. The Labute approximate surface area is 96.8 Å². The van der Waals surface area contributed by atoms with Crippen molar-refractivity contribution >= 4 is 0 Å². The van der Waals surface area contributed by atoms with E-state index in [-0.39, 0.29) is 11.4 Å². The maximum absolute atomic E-state index is 13.4. The van der Waals surface area contributed by atoms with Gasteiger partial charge < -0.3 is 5.11 Å². The summed E-state index contributed by atoms with van der Waals surface area (Å²) in [5.74, 6) is -1.42. The number of aliphatic hydroxyl groups excluding tert-OH is 1. The Bertz CT molecular complexity index is 529. The van der Waals surface area contributed by atoms with E-state index in [0.717, 1.165) is 11.6 Å². The summed E-state index contributed by atoms with van der Waals surface area (Å²) in [6, 6.07) is 2.97. The minimum absolute atomic E-state index is 0.0461. The lowest BCUT2D eigenvalue weighted by Gasteiger charge is -2.10. The molecule has 0 spiro atoms. The fourth-order valence-electron chi connectivity index (χ4n) is 1.41. The lowest BCUT2D eigenvalue weighted by molar-refractivity contribution is 0.204. The molecule has 0 bridgehead atoms. The Hall–Kier alpha value is -1.88. The predicted molar refractivity (Wildman–Crippen MR) is 57.2 cm³/mol. The molecule has 2 aromatic rings. The molecule has 17 heavy (non-hydrogen) atoms. The Morgan fingerprint density at radius 3 is 2.41 bits per heavy atom. The quantitative estimate of drug-likeness (QED) is 0.868. The van der Waals surface area contributed by atoms with E-state index in [0.29, 0.717) is 6.07 Å². The molecule has 0 saturated carbocycles. The van der Waals surface area contributed by atoms with Crippen molar-refractivity contribution < 1.29 is 13.9 Å². The molecule has 2 rings (SSSR count). The van der Waals surface area contributed by atoms with E-state index < -0.39 is 17.7 Å². The van der Waals surface area contributed by atoms with E-state index in [1.165, 1.54) is 18.5 Å². The second-order valence-corrected chi connectivity index (χ2v) is 3.69. The summed E-state index contributed by atoms with van der Waals surface area (Å²) in [6.07, 6.45) is 1.75. The van der Waals surface area contributed by atoms with E-state index in [9.17, 15) is 13.9 Å². The van der Waals surface area contributed by atoms with Gasteiger partial charge in [0.05, 0.1) is 0 Å². The van der Waals surface area contributed by atoms with Gasteiger partial charge in [0, 0.05) is 24.0 Å². The Morgan fingerprint density at radius 2 is 1.82 bits per heavy atom. The standard InChI is InChI=1S/C12H10F2N2O/c1-7-5-15-12(16-6-7)11(17)9-3-2-8(13)4-10(9)14/h2-6,11,17H,1H3. The molecule has 0 amide bonds. The molecule has 1 unspecified atom stereocenters. The van der Waals surface area contributed by atoms with Gasteiger partial charge in [0.2, 0.25) is 0 Å². The van der Waals surface area contributed by atoms with Crippen LogP contribution in [0.2, 0.25) is 0 Å². The molecule has 0 aliphatic rings. The summed E-state index contributed by atoms with van der Waals surface area (Å²) in [6.45, 7) is 1.80. The van der Waals surface area contributed by atoms with E-state index in [2.05, 4.69) is 9.97 Å². The third-order valence-corrected chi connectivity index (χ3v) is 2.30. The van der Waals surface area contributed by atoms with Crippen molar-refractivity contribution in [3.05, 3.63) is 59.2 Å². The highest BCUT2D eigenvalue weighted by Gasteiger charge is 2.17. The fourth-order valence-corrected chi connectivity index (χ4v) is 1.41. The number of hydrogen-bond acceptors (Lipinski definition) is 3. The van der Waals surface area contributed by atoms with Gasteiger partial charge in [-0.15, -0.1) is 0 Å². The van der Waals surface area contributed by atoms with Gasteiger partial charge in [0.25, 0.3) is 0 Å². The van der Waals surface area contributed by atoms with Crippen LogP contribution in [0.4, 0.5) is 8.78 Å². The zero-order valence-corrected chi connectivity index (χ0v) is 9.06. The van der Waals surface area contributed by atoms with Crippen molar-refractivity contribution in [1.82, 2.24) is 9.97 Å². The highest BCUT2D eigenvalue weighted by molar-refractivity contribution is 5.25. The Morgan fingerprint density at radius 1 is 1.18 bits per heavy atom. The van der Waals surface area contributed by atoms with Crippen molar-refractivity contribution in [2.24, 2.45) is 0 Å². The van der Waals surface area contributed by atoms with Crippen LogP contribution in [0.1, 0.15) is 23.1 Å². The first-order valence-electron chi connectivity index (χ1n) is 4.99. The van der Waals surface area contributed by atoms with E-state index >= 15 is 0 Å². The monoisotopic (exact) mass is 236 g/mol. The van der Waals surface area contributed by atoms with Crippen molar-refractivity contribution in [3.63, 3.8) is 0 Å². The van der Waals surface area contributed by atoms with Gasteiger partial charge in [-0.25, -0.2) is 18.7 Å². The molecule has 0 aliphatic heterocycles.